The Kier molecular flexibility index (Phi) is 5.01. The average molecular weight is 316 g/mol. The highest BCUT2D eigenvalue weighted by Crippen LogP contribution is 2.25. The molecule has 0 aromatic heterocycles. The molecule has 1 aliphatic heterocycles. The molecule has 1 aromatic carbocycles. The van der Waals surface area contributed by atoms with E-state index in [1.807, 2.05) is 7.05 Å². The molecule has 1 amide bonds. The summed E-state index contributed by atoms with van der Waals surface area (Å²) in [6, 6.07) is 4.96. The van der Waals surface area contributed by atoms with Crippen LogP contribution in [-0.4, -0.2) is 58.9 Å². The lowest BCUT2D eigenvalue weighted by atomic mass is 10.3. The Morgan fingerprint density at radius 3 is 2.60 bits per heavy atom. The monoisotopic (exact) mass is 315 g/mol. The molecule has 2 N–H and O–H groups in total. The van der Waals surface area contributed by atoms with Gasteiger partial charge in [0.15, 0.2) is 0 Å². The van der Waals surface area contributed by atoms with Crippen molar-refractivity contribution in [1.82, 2.24) is 9.80 Å². The van der Waals surface area contributed by atoms with Gasteiger partial charge >= 0.3 is 0 Å². The summed E-state index contributed by atoms with van der Waals surface area (Å²) in [5.74, 6) is -0.187. The Balaban J connectivity index is 2.03. The first-order valence-corrected chi connectivity index (χ1v) is 8.07. The number of hydrogen-bond donors (Lipinski definition) is 1. The third-order valence-electron chi connectivity index (χ3n) is 3.34. The van der Waals surface area contributed by atoms with Gasteiger partial charge in [0.05, 0.1) is 20.7 Å². The van der Waals surface area contributed by atoms with E-state index in [4.69, 9.17) is 17.3 Å². The second-order valence-corrected chi connectivity index (χ2v) is 6.63. The van der Waals surface area contributed by atoms with Gasteiger partial charge in [0.25, 0.3) is 0 Å². The summed E-state index contributed by atoms with van der Waals surface area (Å²) in [7, 11) is 0.509. The number of anilines is 1. The molecule has 1 heterocycles. The number of likely N-dealkylation sites (N-methyl/N-ethyl adjacent to an activating group) is 1. The van der Waals surface area contributed by atoms with E-state index in [-0.39, 0.29) is 11.7 Å². The maximum atomic E-state index is 12.3. The van der Waals surface area contributed by atoms with Crippen molar-refractivity contribution in [3.8, 4) is 0 Å². The molecular weight excluding hydrogens is 298 g/mol. The minimum absolute atomic E-state index is 0.0718. The number of nitrogens with two attached hydrogens (primary N) is 1. The summed E-state index contributed by atoms with van der Waals surface area (Å²) in [5.41, 5.74) is 6.15. The Hall–Kier alpha value is -1.11. The van der Waals surface area contributed by atoms with Crippen LogP contribution in [0.5, 0.6) is 0 Å². The van der Waals surface area contributed by atoms with Crippen LogP contribution in [0.15, 0.2) is 23.1 Å². The van der Waals surface area contributed by atoms with Crippen molar-refractivity contribution in [1.29, 1.82) is 0 Å². The maximum Gasteiger partial charge on any atom is 0.235 e. The molecule has 110 valence electrons. The van der Waals surface area contributed by atoms with Crippen LogP contribution in [0.4, 0.5) is 5.69 Å². The van der Waals surface area contributed by atoms with Gasteiger partial charge in [0, 0.05) is 31.9 Å². The van der Waals surface area contributed by atoms with Crippen LogP contribution in [0.3, 0.4) is 0 Å². The van der Waals surface area contributed by atoms with Crippen molar-refractivity contribution >= 4 is 34.0 Å². The molecule has 7 heteroatoms. The summed E-state index contributed by atoms with van der Waals surface area (Å²) in [6.45, 7) is 3.02. The van der Waals surface area contributed by atoms with E-state index in [2.05, 4.69) is 4.90 Å². The molecule has 20 heavy (non-hydrogen) atoms. The van der Waals surface area contributed by atoms with E-state index in [1.54, 1.807) is 23.1 Å². The zero-order valence-corrected chi connectivity index (χ0v) is 12.9. The first kappa shape index (κ1) is 15.3. The van der Waals surface area contributed by atoms with Crippen LogP contribution in [0.2, 0.25) is 5.02 Å². The van der Waals surface area contributed by atoms with Gasteiger partial charge < -0.3 is 15.5 Å². The predicted octanol–water partition coefficient (Wildman–Crippen LogP) is 0.804. The molecule has 0 aliphatic carbocycles. The molecule has 1 atom stereocenters. The molecule has 5 nitrogen and oxygen atoms in total. The van der Waals surface area contributed by atoms with Gasteiger partial charge in [-0.25, -0.2) is 0 Å². The minimum atomic E-state index is -1.51. The summed E-state index contributed by atoms with van der Waals surface area (Å²) in [6.07, 6.45) is 0. The second kappa shape index (κ2) is 6.56. The fraction of sp³-hybridized carbons (Fsp3) is 0.462. The van der Waals surface area contributed by atoms with Gasteiger partial charge in [-0.1, -0.05) is 17.7 Å². The van der Waals surface area contributed by atoms with E-state index in [0.717, 1.165) is 13.1 Å². The molecule has 0 radical (unpaired) electrons. The summed E-state index contributed by atoms with van der Waals surface area (Å²) in [5, 5.41) is 0.342. The first-order chi connectivity index (χ1) is 9.49. The zero-order chi connectivity index (χ0) is 14.7. The maximum absolute atomic E-state index is 12.3. The SMILES string of the molecule is CN1CCN(C(=O)CS(=O)c2c(N)cccc2Cl)CC1. The number of benzene rings is 1. The minimum Gasteiger partial charge on any atom is -0.398 e. The van der Waals surface area contributed by atoms with Crippen molar-refractivity contribution in [2.24, 2.45) is 0 Å². The van der Waals surface area contributed by atoms with Crippen LogP contribution in [0.1, 0.15) is 0 Å². The number of amides is 1. The lowest BCUT2D eigenvalue weighted by molar-refractivity contribution is -0.129. The number of nitrogen functional groups attached to an aromatic ring is 1. The number of hydrogen-bond acceptors (Lipinski definition) is 4. The topological polar surface area (TPSA) is 66.6 Å². The number of carbonyl (C=O) groups excluding carboxylic acids is 1. The largest absolute Gasteiger partial charge is 0.398 e. The number of halogens is 1. The molecule has 0 bridgehead atoms. The molecule has 1 unspecified atom stereocenters. The first-order valence-electron chi connectivity index (χ1n) is 6.37. The van der Waals surface area contributed by atoms with Crippen molar-refractivity contribution in [2.75, 3.05) is 44.7 Å². The summed E-state index contributed by atoms with van der Waals surface area (Å²) < 4.78 is 12.3. The van der Waals surface area contributed by atoms with Gasteiger partial charge in [-0.3, -0.25) is 9.00 Å². The Bertz CT molecular complexity index is 510. The van der Waals surface area contributed by atoms with Crippen LogP contribution in [-0.2, 0) is 15.6 Å². The summed E-state index contributed by atoms with van der Waals surface area (Å²) in [4.78, 5) is 16.4. The van der Waals surface area contributed by atoms with Crippen LogP contribution < -0.4 is 5.73 Å². The van der Waals surface area contributed by atoms with Gasteiger partial charge in [-0.05, 0) is 19.2 Å². The molecular formula is C13H18ClN3O2S. The molecule has 0 saturated carbocycles. The molecule has 1 saturated heterocycles. The van der Waals surface area contributed by atoms with Crippen molar-refractivity contribution in [3.63, 3.8) is 0 Å². The van der Waals surface area contributed by atoms with E-state index >= 15 is 0 Å². The number of nitrogens with zero attached hydrogens (tertiary/aromatic N) is 2. The normalized spacial score (nSPS) is 18.0. The quantitative estimate of drug-likeness (QED) is 0.838. The zero-order valence-electron chi connectivity index (χ0n) is 11.3. The standard InChI is InChI=1S/C13H18ClN3O2S/c1-16-5-7-17(8-6-16)12(18)9-20(19)13-10(14)3-2-4-11(13)15/h2-4H,5-9,15H2,1H3. The molecule has 1 aliphatic rings. The Morgan fingerprint density at radius 2 is 2.00 bits per heavy atom. The lowest BCUT2D eigenvalue weighted by Crippen LogP contribution is -2.48. The van der Waals surface area contributed by atoms with E-state index < -0.39 is 10.8 Å². The fourth-order valence-corrected chi connectivity index (χ4v) is 3.70. The second-order valence-electron chi connectivity index (χ2n) is 4.83. The summed E-state index contributed by atoms with van der Waals surface area (Å²) >= 11 is 6.01. The van der Waals surface area contributed by atoms with Gasteiger partial charge in [0.2, 0.25) is 5.91 Å². The van der Waals surface area contributed by atoms with Crippen molar-refractivity contribution < 1.29 is 9.00 Å². The third-order valence-corrected chi connectivity index (χ3v) is 5.18. The molecule has 2 rings (SSSR count). The number of piperazine rings is 1. The Labute approximate surface area is 126 Å². The van der Waals surface area contributed by atoms with Crippen molar-refractivity contribution in [3.05, 3.63) is 23.2 Å². The van der Waals surface area contributed by atoms with Crippen LogP contribution >= 0.6 is 11.6 Å². The van der Waals surface area contributed by atoms with Gasteiger partial charge in [0.1, 0.15) is 5.75 Å². The highest BCUT2D eigenvalue weighted by Gasteiger charge is 2.22. The lowest BCUT2D eigenvalue weighted by Gasteiger charge is -2.32. The highest BCUT2D eigenvalue weighted by molar-refractivity contribution is 7.86. The van der Waals surface area contributed by atoms with E-state index in [0.29, 0.717) is 28.7 Å². The van der Waals surface area contributed by atoms with Crippen LogP contribution in [0.25, 0.3) is 0 Å². The van der Waals surface area contributed by atoms with Crippen molar-refractivity contribution in [2.45, 2.75) is 4.90 Å². The smallest absolute Gasteiger partial charge is 0.235 e. The van der Waals surface area contributed by atoms with Crippen LogP contribution in [0, 0.1) is 0 Å². The highest BCUT2D eigenvalue weighted by atomic mass is 35.5. The van der Waals surface area contributed by atoms with E-state index in [1.165, 1.54) is 0 Å². The molecule has 0 spiro atoms. The Morgan fingerprint density at radius 1 is 1.35 bits per heavy atom. The van der Waals surface area contributed by atoms with Gasteiger partial charge in [-0.15, -0.1) is 0 Å². The van der Waals surface area contributed by atoms with E-state index in [9.17, 15) is 9.00 Å². The molecule has 1 fully saturated rings. The predicted molar refractivity (Wildman–Crippen MR) is 81.2 cm³/mol. The molecule has 1 aromatic rings. The number of rotatable bonds is 3. The number of carbonyl (C=O) groups is 1. The fourth-order valence-electron chi connectivity index (χ4n) is 2.10. The third kappa shape index (κ3) is 3.50. The average Bonchev–Trinajstić information content (AvgIpc) is 2.39. The van der Waals surface area contributed by atoms with Gasteiger partial charge in [-0.2, -0.15) is 0 Å².